The largest absolute Gasteiger partial charge is 0.497 e. The van der Waals surface area contributed by atoms with Crippen molar-refractivity contribution < 1.29 is 4.74 Å². The number of anilines is 1. The number of pyridine rings is 1. The van der Waals surface area contributed by atoms with Gasteiger partial charge in [-0.05, 0) is 29.1 Å². The van der Waals surface area contributed by atoms with Gasteiger partial charge in [0, 0.05) is 11.9 Å². The summed E-state index contributed by atoms with van der Waals surface area (Å²) >= 11 is 6.22. The van der Waals surface area contributed by atoms with Crippen molar-refractivity contribution >= 4 is 28.2 Å². The fourth-order valence-electron chi connectivity index (χ4n) is 2.18. The molecule has 0 fully saturated rings. The maximum atomic E-state index is 6.22. The van der Waals surface area contributed by atoms with Crippen LogP contribution in [0.3, 0.4) is 0 Å². The average Bonchev–Trinajstić information content (AvgIpc) is 2.53. The average molecular weight is 299 g/mol. The Bertz CT molecular complexity index is 756. The maximum absolute atomic E-state index is 6.22. The van der Waals surface area contributed by atoms with E-state index in [1.165, 1.54) is 0 Å². The molecule has 0 saturated carbocycles. The lowest BCUT2D eigenvalue weighted by atomic mass is 10.2. The number of hydrogen-bond acceptors (Lipinski definition) is 3. The first-order valence-corrected chi connectivity index (χ1v) is 7.06. The highest BCUT2D eigenvalue weighted by Gasteiger charge is 2.03. The number of benzene rings is 2. The molecule has 2 aromatic carbocycles. The van der Waals surface area contributed by atoms with Gasteiger partial charge in [-0.1, -0.05) is 48.0 Å². The summed E-state index contributed by atoms with van der Waals surface area (Å²) in [4.78, 5) is 4.38. The zero-order chi connectivity index (χ0) is 14.7. The lowest BCUT2D eigenvalue weighted by Crippen LogP contribution is -2.01. The molecule has 3 aromatic rings. The molecule has 1 N–H and O–H groups in total. The summed E-state index contributed by atoms with van der Waals surface area (Å²) in [5.74, 6) is 1.63. The normalized spacial score (nSPS) is 10.6. The molecule has 0 radical (unpaired) electrons. The van der Waals surface area contributed by atoms with Gasteiger partial charge in [0.1, 0.15) is 16.7 Å². The van der Waals surface area contributed by atoms with Crippen molar-refractivity contribution in [2.75, 3.05) is 12.4 Å². The minimum atomic E-state index is 0.519. The molecule has 1 heterocycles. The van der Waals surface area contributed by atoms with Crippen molar-refractivity contribution in [1.82, 2.24) is 4.98 Å². The van der Waals surface area contributed by atoms with Gasteiger partial charge in [0.25, 0.3) is 0 Å². The number of fused-ring (bicyclic) bond motifs is 1. The second-order valence-corrected chi connectivity index (χ2v) is 5.08. The molecule has 1 aromatic heterocycles. The van der Waals surface area contributed by atoms with Gasteiger partial charge in [0.15, 0.2) is 0 Å². The minimum Gasteiger partial charge on any atom is -0.497 e. The molecule has 0 spiro atoms. The lowest BCUT2D eigenvalue weighted by Gasteiger charge is -2.09. The number of nitrogens with zero attached hydrogens (tertiary/aromatic N) is 1. The lowest BCUT2D eigenvalue weighted by molar-refractivity contribution is 0.414. The molecule has 0 aliphatic heterocycles. The second kappa shape index (κ2) is 6.02. The zero-order valence-electron chi connectivity index (χ0n) is 11.6. The van der Waals surface area contributed by atoms with Crippen LogP contribution in [0, 0.1) is 0 Å². The van der Waals surface area contributed by atoms with Crippen LogP contribution in [0.5, 0.6) is 5.75 Å². The van der Waals surface area contributed by atoms with E-state index in [0.29, 0.717) is 11.7 Å². The quantitative estimate of drug-likeness (QED) is 0.720. The molecular weight excluding hydrogens is 284 g/mol. The first-order chi connectivity index (χ1) is 10.3. The maximum Gasteiger partial charge on any atom is 0.139 e. The molecule has 3 nitrogen and oxygen atoms in total. The van der Waals surface area contributed by atoms with E-state index in [2.05, 4.69) is 10.3 Å². The van der Waals surface area contributed by atoms with Gasteiger partial charge in [-0.3, -0.25) is 0 Å². The minimum absolute atomic E-state index is 0.519. The molecule has 0 bridgehead atoms. The monoisotopic (exact) mass is 298 g/mol. The second-order valence-electron chi connectivity index (χ2n) is 4.72. The van der Waals surface area contributed by atoms with Crippen LogP contribution in [0.1, 0.15) is 5.56 Å². The smallest absolute Gasteiger partial charge is 0.139 e. The molecule has 0 atom stereocenters. The van der Waals surface area contributed by atoms with Crippen LogP contribution in [-0.2, 0) is 6.54 Å². The molecule has 106 valence electrons. The Morgan fingerprint density at radius 3 is 2.62 bits per heavy atom. The molecule has 0 amide bonds. The summed E-state index contributed by atoms with van der Waals surface area (Å²) in [5.41, 5.74) is 1.15. The SMILES string of the molecule is COc1ccc(CNc2cc3ccccc3c(Cl)n2)cc1. The van der Waals surface area contributed by atoms with Crippen LogP contribution in [0.4, 0.5) is 5.82 Å². The van der Waals surface area contributed by atoms with E-state index in [4.69, 9.17) is 16.3 Å². The van der Waals surface area contributed by atoms with Crippen LogP contribution in [-0.4, -0.2) is 12.1 Å². The predicted octanol–water partition coefficient (Wildman–Crippen LogP) is 4.51. The van der Waals surface area contributed by atoms with Gasteiger partial charge >= 0.3 is 0 Å². The number of methoxy groups -OCH3 is 1. The third-order valence-corrected chi connectivity index (χ3v) is 3.61. The fraction of sp³-hybridized carbons (Fsp3) is 0.118. The highest BCUT2D eigenvalue weighted by atomic mass is 35.5. The number of aromatic nitrogens is 1. The van der Waals surface area contributed by atoms with Crippen molar-refractivity contribution in [2.24, 2.45) is 0 Å². The Morgan fingerprint density at radius 2 is 1.86 bits per heavy atom. The summed E-state index contributed by atoms with van der Waals surface area (Å²) in [6.07, 6.45) is 0. The molecule has 0 aliphatic carbocycles. The van der Waals surface area contributed by atoms with Gasteiger partial charge in [-0.15, -0.1) is 0 Å². The van der Waals surface area contributed by atoms with Gasteiger partial charge in [0.2, 0.25) is 0 Å². The summed E-state index contributed by atoms with van der Waals surface area (Å²) in [5, 5.41) is 5.86. The van der Waals surface area contributed by atoms with Crippen molar-refractivity contribution in [3.05, 3.63) is 65.3 Å². The molecule has 3 rings (SSSR count). The third kappa shape index (κ3) is 3.09. The highest BCUT2D eigenvalue weighted by Crippen LogP contribution is 2.24. The molecule has 4 heteroatoms. The van der Waals surface area contributed by atoms with Crippen molar-refractivity contribution in [3.8, 4) is 5.75 Å². The molecule has 21 heavy (non-hydrogen) atoms. The van der Waals surface area contributed by atoms with E-state index in [-0.39, 0.29) is 0 Å². The van der Waals surface area contributed by atoms with Crippen molar-refractivity contribution in [1.29, 1.82) is 0 Å². The van der Waals surface area contributed by atoms with E-state index < -0.39 is 0 Å². The van der Waals surface area contributed by atoms with Gasteiger partial charge in [-0.2, -0.15) is 0 Å². The van der Waals surface area contributed by atoms with Crippen LogP contribution < -0.4 is 10.1 Å². The summed E-state index contributed by atoms with van der Waals surface area (Å²) in [6, 6.07) is 17.9. The number of nitrogens with one attached hydrogen (secondary N) is 1. The van der Waals surface area contributed by atoms with Crippen LogP contribution in [0.25, 0.3) is 10.8 Å². The predicted molar refractivity (Wildman–Crippen MR) is 87.1 cm³/mol. The standard InChI is InChI=1S/C17H15ClN2O/c1-21-14-8-6-12(7-9-14)11-19-16-10-13-4-2-3-5-15(13)17(18)20-16/h2-10H,11H2,1H3,(H,19,20). The Hall–Kier alpha value is -2.26. The molecule has 0 unspecified atom stereocenters. The zero-order valence-corrected chi connectivity index (χ0v) is 12.4. The van der Waals surface area contributed by atoms with Gasteiger partial charge in [-0.25, -0.2) is 4.98 Å². The van der Waals surface area contributed by atoms with E-state index in [9.17, 15) is 0 Å². The topological polar surface area (TPSA) is 34.1 Å². The number of halogens is 1. The first-order valence-electron chi connectivity index (χ1n) is 6.68. The molecule has 0 aliphatic rings. The fourth-order valence-corrected chi connectivity index (χ4v) is 2.45. The van der Waals surface area contributed by atoms with Crippen LogP contribution in [0.2, 0.25) is 5.15 Å². The number of rotatable bonds is 4. The number of ether oxygens (including phenoxy) is 1. The molecule has 0 saturated heterocycles. The summed E-state index contributed by atoms with van der Waals surface area (Å²) < 4.78 is 5.15. The molecular formula is C17H15ClN2O. The Morgan fingerprint density at radius 1 is 1.10 bits per heavy atom. The van der Waals surface area contributed by atoms with Gasteiger partial charge < -0.3 is 10.1 Å². The Labute approximate surface area is 128 Å². The van der Waals surface area contributed by atoms with Crippen molar-refractivity contribution in [3.63, 3.8) is 0 Å². The van der Waals surface area contributed by atoms with E-state index in [0.717, 1.165) is 27.9 Å². The van der Waals surface area contributed by atoms with E-state index >= 15 is 0 Å². The Kier molecular flexibility index (Phi) is 3.93. The highest BCUT2D eigenvalue weighted by molar-refractivity contribution is 6.34. The summed E-state index contributed by atoms with van der Waals surface area (Å²) in [6.45, 7) is 0.686. The van der Waals surface area contributed by atoms with E-state index in [1.54, 1.807) is 7.11 Å². The number of hydrogen-bond donors (Lipinski definition) is 1. The van der Waals surface area contributed by atoms with Gasteiger partial charge in [0.05, 0.1) is 7.11 Å². The van der Waals surface area contributed by atoms with Crippen molar-refractivity contribution in [2.45, 2.75) is 6.54 Å². The summed E-state index contributed by atoms with van der Waals surface area (Å²) in [7, 11) is 1.66. The third-order valence-electron chi connectivity index (χ3n) is 3.33. The van der Waals surface area contributed by atoms with Crippen LogP contribution in [0.15, 0.2) is 54.6 Å². The van der Waals surface area contributed by atoms with Crippen LogP contribution >= 0.6 is 11.6 Å². The Balaban J connectivity index is 1.78. The first kappa shape index (κ1) is 13.7. The van der Waals surface area contributed by atoms with E-state index in [1.807, 2.05) is 54.6 Å².